The van der Waals surface area contributed by atoms with Gasteiger partial charge >= 0.3 is 0 Å². The molecule has 0 N–H and O–H groups in total. The Hall–Kier alpha value is -5.55. The number of hydrogen-bond acceptors (Lipinski definition) is 5. The molecule has 245 valence electrons. The van der Waals surface area contributed by atoms with E-state index in [4.69, 9.17) is 19.4 Å². The van der Waals surface area contributed by atoms with E-state index in [0.717, 1.165) is 88.8 Å². The molecule has 50 heavy (non-hydrogen) atoms. The van der Waals surface area contributed by atoms with E-state index in [-0.39, 0.29) is 20.1 Å². The predicted octanol–water partition coefficient (Wildman–Crippen LogP) is 11.0. The maximum Gasteiger partial charge on any atom is 0.147 e. The zero-order valence-corrected chi connectivity index (χ0v) is 30.5. The molecule has 9 rings (SSSR count). The molecule has 6 heteroatoms. The first-order chi connectivity index (χ1) is 23.9. The molecule has 5 nitrogen and oxygen atoms in total. The van der Waals surface area contributed by atoms with Crippen LogP contribution in [0, 0.1) is 39.8 Å². The number of nitrogens with zero attached hydrogens (tertiary/aromatic N) is 4. The summed E-state index contributed by atoms with van der Waals surface area (Å²) in [6.45, 7) is 8.28. The average molecular weight is 825 g/mol. The van der Waals surface area contributed by atoms with Gasteiger partial charge in [-0.25, -0.2) is 4.98 Å². The Balaban J connectivity index is 0.000000255. The predicted molar refractivity (Wildman–Crippen MR) is 199 cm³/mol. The van der Waals surface area contributed by atoms with Crippen LogP contribution in [0.1, 0.15) is 22.5 Å². The SMILES string of the molecule is Cc1ccc2cc(-c3cc(-c4[c-]ccc5c4oc4c5ccc5ccc(C)nc54)ncc3C)c(C)cc2n1.[Ir].[c-]1ccccc1-c1ccccn1. The number of furan rings is 1. The van der Waals surface area contributed by atoms with Crippen molar-refractivity contribution >= 4 is 43.7 Å². The van der Waals surface area contributed by atoms with Crippen molar-refractivity contribution in [2.24, 2.45) is 0 Å². The van der Waals surface area contributed by atoms with Crippen LogP contribution in [0.3, 0.4) is 0 Å². The summed E-state index contributed by atoms with van der Waals surface area (Å²) in [6.07, 6.45) is 3.73. The summed E-state index contributed by atoms with van der Waals surface area (Å²) in [5, 5.41) is 4.29. The number of hydrogen-bond donors (Lipinski definition) is 0. The van der Waals surface area contributed by atoms with E-state index >= 15 is 0 Å². The first-order valence-electron chi connectivity index (χ1n) is 16.3. The summed E-state index contributed by atoms with van der Waals surface area (Å²) >= 11 is 0. The fraction of sp³-hybridized carbons (Fsp3) is 0.0909. The van der Waals surface area contributed by atoms with Gasteiger partial charge in [0.1, 0.15) is 11.1 Å². The summed E-state index contributed by atoms with van der Waals surface area (Å²) in [5.74, 6) is 0. The van der Waals surface area contributed by atoms with Crippen molar-refractivity contribution < 1.29 is 24.5 Å². The van der Waals surface area contributed by atoms with Crippen molar-refractivity contribution in [1.82, 2.24) is 19.9 Å². The zero-order chi connectivity index (χ0) is 33.5. The van der Waals surface area contributed by atoms with Crippen molar-refractivity contribution in [3.8, 4) is 33.6 Å². The molecule has 4 aromatic carbocycles. The van der Waals surface area contributed by atoms with Crippen molar-refractivity contribution in [3.63, 3.8) is 0 Å². The van der Waals surface area contributed by atoms with Crippen LogP contribution in [0.25, 0.3) is 77.4 Å². The number of rotatable bonds is 3. The van der Waals surface area contributed by atoms with Crippen molar-refractivity contribution in [2.45, 2.75) is 27.7 Å². The third-order valence-electron chi connectivity index (χ3n) is 8.87. The van der Waals surface area contributed by atoms with Crippen molar-refractivity contribution in [1.29, 1.82) is 0 Å². The summed E-state index contributed by atoms with van der Waals surface area (Å²) in [7, 11) is 0. The number of aromatic nitrogens is 4. The van der Waals surface area contributed by atoms with Gasteiger partial charge in [-0.3, -0.25) is 4.98 Å². The summed E-state index contributed by atoms with van der Waals surface area (Å²) in [6, 6.07) is 43.3. The van der Waals surface area contributed by atoms with E-state index in [9.17, 15) is 0 Å². The molecule has 9 aromatic rings. The molecule has 1 radical (unpaired) electrons. The summed E-state index contributed by atoms with van der Waals surface area (Å²) < 4.78 is 6.53. The van der Waals surface area contributed by atoms with Gasteiger partial charge < -0.3 is 14.4 Å². The minimum Gasteiger partial charge on any atom is -0.498 e. The monoisotopic (exact) mass is 825 g/mol. The van der Waals surface area contributed by atoms with Crippen LogP contribution in [0.15, 0.2) is 126 Å². The van der Waals surface area contributed by atoms with Crippen molar-refractivity contribution in [3.05, 3.63) is 156 Å². The van der Waals surface area contributed by atoms with Crippen LogP contribution < -0.4 is 0 Å². The molecule has 0 fully saturated rings. The summed E-state index contributed by atoms with van der Waals surface area (Å²) in [4.78, 5) is 18.5. The Kier molecular flexibility index (Phi) is 9.07. The molecule has 0 bridgehead atoms. The number of fused-ring (bicyclic) bond motifs is 6. The maximum absolute atomic E-state index is 6.53. The Morgan fingerprint density at radius 3 is 2.14 bits per heavy atom. The van der Waals surface area contributed by atoms with Gasteiger partial charge in [0.2, 0.25) is 0 Å². The zero-order valence-electron chi connectivity index (χ0n) is 28.1. The summed E-state index contributed by atoms with van der Waals surface area (Å²) in [5.41, 5.74) is 13.8. The first kappa shape index (κ1) is 33.0. The van der Waals surface area contributed by atoms with E-state index in [1.165, 1.54) is 11.1 Å². The molecule has 0 aliphatic carbocycles. The molecule has 0 saturated carbocycles. The van der Waals surface area contributed by atoms with Gasteiger partial charge in [-0.1, -0.05) is 53.4 Å². The largest absolute Gasteiger partial charge is 0.498 e. The first-order valence-corrected chi connectivity index (χ1v) is 16.3. The fourth-order valence-electron chi connectivity index (χ4n) is 6.36. The average Bonchev–Trinajstić information content (AvgIpc) is 3.52. The molecule has 0 aliphatic rings. The van der Waals surface area contributed by atoms with Crippen LogP contribution in [-0.4, -0.2) is 19.9 Å². The van der Waals surface area contributed by atoms with Gasteiger partial charge in [0.05, 0.1) is 11.1 Å². The third-order valence-corrected chi connectivity index (χ3v) is 8.87. The molecule has 0 unspecified atom stereocenters. The van der Waals surface area contributed by atoms with Crippen molar-refractivity contribution in [2.75, 3.05) is 0 Å². The van der Waals surface area contributed by atoms with E-state index in [1.807, 2.05) is 74.6 Å². The van der Waals surface area contributed by atoms with E-state index in [1.54, 1.807) is 6.20 Å². The Morgan fingerprint density at radius 2 is 1.34 bits per heavy atom. The maximum atomic E-state index is 6.53. The third kappa shape index (κ3) is 6.20. The molecule has 0 aliphatic heterocycles. The second-order valence-electron chi connectivity index (χ2n) is 12.4. The molecular weight excluding hydrogens is 793 g/mol. The van der Waals surface area contributed by atoms with Crippen LogP contribution in [0.4, 0.5) is 0 Å². The topological polar surface area (TPSA) is 64.7 Å². The van der Waals surface area contributed by atoms with Gasteiger partial charge in [0.15, 0.2) is 0 Å². The van der Waals surface area contributed by atoms with Crippen LogP contribution in [0.2, 0.25) is 0 Å². The van der Waals surface area contributed by atoms with Gasteiger partial charge in [0, 0.05) is 60.0 Å². The number of pyridine rings is 4. The van der Waals surface area contributed by atoms with Gasteiger partial charge in [-0.2, -0.15) is 0 Å². The Morgan fingerprint density at radius 1 is 0.580 bits per heavy atom. The smallest absolute Gasteiger partial charge is 0.147 e. The molecule has 0 saturated heterocycles. The van der Waals surface area contributed by atoms with Gasteiger partial charge in [-0.05, 0) is 91.7 Å². The quantitative estimate of drug-likeness (QED) is 0.166. The van der Waals surface area contributed by atoms with E-state index in [2.05, 4.69) is 85.6 Å². The minimum absolute atomic E-state index is 0. The van der Waals surface area contributed by atoms with Gasteiger partial charge in [-0.15, -0.1) is 54.1 Å². The van der Waals surface area contributed by atoms with Crippen LogP contribution >= 0.6 is 0 Å². The van der Waals surface area contributed by atoms with E-state index in [0.29, 0.717) is 0 Å². The Labute approximate surface area is 304 Å². The second-order valence-corrected chi connectivity index (χ2v) is 12.4. The van der Waals surface area contributed by atoms with Crippen LogP contribution in [-0.2, 0) is 20.1 Å². The molecule has 0 spiro atoms. The van der Waals surface area contributed by atoms with E-state index < -0.39 is 0 Å². The molecule has 0 atom stereocenters. The number of aryl methyl sites for hydroxylation is 4. The Bertz CT molecular complexity index is 2610. The minimum atomic E-state index is 0. The normalized spacial score (nSPS) is 11.0. The molecular formula is C44H32IrN4O-2. The van der Waals surface area contributed by atoms with Gasteiger partial charge in [0.25, 0.3) is 0 Å². The molecule has 5 aromatic heterocycles. The standard InChI is InChI=1S/C33H24N3O.C11H8N.Ir/c1-18-14-29-23(11-9-20(3)35-29)15-27(18)28-16-30(34-17-19(28)2)26-7-5-6-24-25-13-12-22-10-8-21(4)36-31(22)33(25)37-32(24)26;1-2-6-10(7-3-1)11-8-4-5-9-12-11;/h5-6,8-17H,1-4H3;1-6,8-9H;/q2*-1;. The molecule has 5 heterocycles. The second kappa shape index (κ2) is 13.8. The molecule has 0 amide bonds. The number of benzene rings is 4. The fourth-order valence-corrected chi connectivity index (χ4v) is 6.36. The van der Waals surface area contributed by atoms with Crippen LogP contribution in [0.5, 0.6) is 0 Å².